The molecule has 0 spiro atoms. The number of hydrogen-bond donors (Lipinski definition) is 2. The zero-order valence-electron chi connectivity index (χ0n) is 13.8. The molecule has 2 rings (SSSR count). The Bertz CT molecular complexity index is 553. The molecule has 7 nitrogen and oxygen atoms in total. The summed E-state index contributed by atoms with van der Waals surface area (Å²) in [7, 11) is 1.62. The van der Waals surface area contributed by atoms with E-state index in [0.717, 1.165) is 12.8 Å². The molecule has 0 saturated carbocycles. The molecule has 1 atom stereocenters. The first-order valence-corrected chi connectivity index (χ1v) is 8.38. The third-order valence-electron chi connectivity index (χ3n) is 3.88. The Labute approximate surface area is 146 Å². The maximum atomic E-state index is 12.4. The lowest BCUT2D eigenvalue weighted by atomic mass is 9.97. The van der Waals surface area contributed by atoms with Crippen LogP contribution in [0.4, 0.5) is 5.82 Å². The van der Waals surface area contributed by atoms with Gasteiger partial charge in [0.2, 0.25) is 11.8 Å². The van der Waals surface area contributed by atoms with Crippen LogP contribution in [-0.4, -0.2) is 61.6 Å². The monoisotopic (exact) mass is 354 g/mol. The van der Waals surface area contributed by atoms with E-state index >= 15 is 0 Å². The average molecular weight is 355 g/mol. The molecule has 1 saturated heterocycles. The summed E-state index contributed by atoms with van der Waals surface area (Å²) in [6.07, 6.45) is 3.07. The number of rotatable bonds is 7. The highest BCUT2D eigenvalue weighted by Crippen LogP contribution is 2.19. The fraction of sp³-hybridized carbons (Fsp3) is 0.562. The quantitative estimate of drug-likeness (QED) is 0.718. The summed E-state index contributed by atoms with van der Waals surface area (Å²) < 4.78 is 4.93. The summed E-state index contributed by atoms with van der Waals surface area (Å²) in [5.74, 6) is 0.135. The minimum atomic E-state index is -0.223. The molecule has 0 aromatic carbocycles. The van der Waals surface area contributed by atoms with Crippen molar-refractivity contribution in [2.75, 3.05) is 45.2 Å². The normalized spacial score (nSPS) is 17.6. The van der Waals surface area contributed by atoms with Gasteiger partial charge in [-0.2, -0.15) is 0 Å². The number of halogens is 1. The highest BCUT2D eigenvalue weighted by atomic mass is 35.5. The van der Waals surface area contributed by atoms with E-state index in [1.807, 2.05) is 0 Å². The first-order valence-electron chi connectivity index (χ1n) is 8.00. The van der Waals surface area contributed by atoms with E-state index in [2.05, 4.69) is 15.6 Å². The maximum absolute atomic E-state index is 12.4. The van der Waals surface area contributed by atoms with Crippen molar-refractivity contribution in [3.8, 4) is 0 Å². The van der Waals surface area contributed by atoms with Gasteiger partial charge in [-0.1, -0.05) is 11.6 Å². The summed E-state index contributed by atoms with van der Waals surface area (Å²) in [5.41, 5.74) is 0. The standard InChI is InChI=1S/C16H23ClN4O3/c1-24-8-6-18-10-15(22)21-7-2-3-12(11-21)16(23)20-14-5-4-13(17)9-19-14/h4-5,9,12,18H,2-3,6-8,10-11H2,1H3,(H,19,20,23). The summed E-state index contributed by atoms with van der Waals surface area (Å²) in [6.45, 7) is 2.57. The zero-order valence-corrected chi connectivity index (χ0v) is 14.5. The predicted molar refractivity (Wildman–Crippen MR) is 91.9 cm³/mol. The minimum Gasteiger partial charge on any atom is -0.383 e. The number of pyridine rings is 1. The van der Waals surface area contributed by atoms with Crippen LogP contribution < -0.4 is 10.6 Å². The van der Waals surface area contributed by atoms with Gasteiger partial charge in [-0.15, -0.1) is 0 Å². The Morgan fingerprint density at radius 3 is 3.00 bits per heavy atom. The van der Waals surface area contributed by atoms with Gasteiger partial charge in [0, 0.05) is 32.9 Å². The number of methoxy groups -OCH3 is 1. The molecule has 1 unspecified atom stereocenters. The summed E-state index contributed by atoms with van der Waals surface area (Å²) in [6, 6.07) is 3.33. The van der Waals surface area contributed by atoms with Crippen LogP contribution in [0.1, 0.15) is 12.8 Å². The van der Waals surface area contributed by atoms with Crippen molar-refractivity contribution >= 4 is 29.2 Å². The van der Waals surface area contributed by atoms with Crippen molar-refractivity contribution in [1.82, 2.24) is 15.2 Å². The second-order valence-corrected chi connectivity index (χ2v) is 6.14. The van der Waals surface area contributed by atoms with Crippen molar-refractivity contribution in [2.24, 2.45) is 5.92 Å². The van der Waals surface area contributed by atoms with Crippen LogP contribution in [0, 0.1) is 5.92 Å². The molecule has 0 bridgehead atoms. The minimum absolute atomic E-state index is 0.00761. The van der Waals surface area contributed by atoms with Crippen molar-refractivity contribution in [1.29, 1.82) is 0 Å². The highest BCUT2D eigenvalue weighted by Gasteiger charge is 2.28. The maximum Gasteiger partial charge on any atom is 0.236 e. The third kappa shape index (κ3) is 5.74. The number of piperidine rings is 1. The van der Waals surface area contributed by atoms with Crippen molar-refractivity contribution in [3.63, 3.8) is 0 Å². The molecule has 1 aromatic rings. The third-order valence-corrected chi connectivity index (χ3v) is 4.11. The summed E-state index contributed by atoms with van der Waals surface area (Å²) >= 11 is 5.78. The average Bonchev–Trinajstić information content (AvgIpc) is 2.60. The first kappa shape index (κ1) is 18.6. The van der Waals surface area contributed by atoms with Gasteiger partial charge >= 0.3 is 0 Å². The van der Waals surface area contributed by atoms with Crippen LogP contribution >= 0.6 is 11.6 Å². The van der Waals surface area contributed by atoms with Gasteiger partial charge in [-0.25, -0.2) is 4.98 Å². The Hall–Kier alpha value is -1.70. The number of nitrogens with zero attached hydrogens (tertiary/aromatic N) is 2. The number of carbonyl (C=O) groups excluding carboxylic acids is 2. The number of amides is 2. The van der Waals surface area contributed by atoms with Gasteiger partial charge in [0.1, 0.15) is 5.82 Å². The molecule has 1 aliphatic rings. The van der Waals surface area contributed by atoms with Crippen LogP contribution in [0.2, 0.25) is 5.02 Å². The summed E-state index contributed by atoms with van der Waals surface area (Å²) in [5, 5.41) is 6.33. The number of hydrogen-bond acceptors (Lipinski definition) is 5. The van der Waals surface area contributed by atoms with Crippen LogP contribution in [0.5, 0.6) is 0 Å². The number of anilines is 1. The van der Waals surface area contributed by atoms with Gasteiger partial charge in [0.15, 0.2) is 0 Å². The fourth-order valence-electron chi connectivity index (χ4n) is 2.58. The van der Waals surface area contributed by atoms with Crippen LogP contribution in [0.3, 0.4) is 0 Å². The molecular formula is C16H23ClN4O3. The molecule has 2 amide bonds. The lowest BCUT2D eigenvalue weighted by molar-refractivity contribution is -0.133. The van der Waals surface area contributed by atoms with Gasteiger partial charge < -0.3 is 20.3 Å². The van der Waals surface area contributed by atoms with Gasteiger partial charge in [0.25, 0.3) is 0 Å². The molecule has 2 heterocycles. The van der Waals surface area contributed by atoms with Gasteiger partial charge in [0.05, 0.1) is 24.1 Å². The zero-order chi connectivity index (χ0) is 17.4. The molecular weight excluding hydrogens is 332 g/mol. The van der Waals surface area contributed by atoms with E-state index in [1.54, 1.807) is 24.1 Å². The molecule has 0 radical (unpaired) electrons. The van der Waals surface area contributed by atoms with Crippen molar-refractivity contribution in [2.45, 2.75) is 12.8 Å². The molecule has 132 valence electrons. The second kappa shape index (κ2) is 9.56. The Balaban J connectivity index is 1.82. The smallest absolute Gasteiger partial charge is 0.236 e. The molecule has 0 aliphatic carbocycles. The highest BCUT2D eigenvalue weighted by molar-refractivity contribution is 6.30. The fourth-order valence-corrected chi connectivity index (χ4v) is 2.69. The number of aromatic nitrogens is 1. The van der Waals surface area contributed by atoms with E-state index in [1.165, 1.54) is 6.20 Å². The number of likely N-dealkylation sites (tertiary alicyclic amines) is 1. The predicted octanol–water partition coefficient (Wildman–Crippen LogP) is 1.15. The van der Waals surface area contributed by atoms with Gasteiger partial charge in [-0.3, -0.25) is 9.59 Å². The van der Waals surface area contributed by atoms with Crippen LogP contribution in [-0.2, 0) is 14.3 Å². The topological polar surface area (TPSA) is 83.6 Å². The van der Waals surface area contributed by atoms with E-state index in [-0.39, 0.29) is 24.3 Å². The lowest BCUT2D eigenvalue weighted by Crippen LogP contribution is -2.47. The van der Waals surface area contributed by atoms with E-state index < -0.39 is 0 Å². The number of nitrogens with one attached hydrogen (secondary N) is 2. The molecule has 2 N–H and O–H groups in total. The molecule has 8 heteroatoms. The first-order chi connectivity index (χ1) is 11.6. The van der Waals surface area contributed by atoms with Gasteiger partial charge in [-0.05, 0) is 25.0 Å². The summed E-state index contributed by atoms with van der Waals surface area (Å²) in [4.78, 5) is 30.4. The van der Waals surface area contributed by atoms with Crippen molar-refractivity contribution < 1.29 is 14.3 Å². The van der Waals surface area contributed by atoms with Crippen LogP contribution in [0.25, 0.3) is 0 Å². The Morgan fingerprint density at radius 2 is 2.29 bits per heavy atom. The number of carbonyl (C=O) groups is 2. The lowest BCUT2D eigenvalue weighted by Gasteiger charge is -2.32. The molecule has 1 aromatic heterocycles. The Kier molecular flexibility index (Phi) is 7.42. The van der Waals surface area contributed by atoms with E-state index in [9.17, 15) is 9.59 Å². The van der Waals surface area contributed by atoms with Crippen molar-refractivity contribution in [3.05, 3.63) is 23.4 Å². The largest absolute Gasteiger partial charge is 0.383 e. The second-order valence-electron chi connectivity index (χ2n) is 5.70. The molecule has 1 aliphatic heterocycles. The van der Waals surface area contributed by atoms with Crippen LogP contribution in [0.15, 0.2) is 18.3 Å². The number of ether oxygens (including phenoxy) is 1. The molecule has 1 fully saturated rings. The van der Waals surface area contributed by atoms with E-state index in [4.69, 9.17) is 16.3 Å². The molecule has 24 heavy (non-hydrogen) atoms. The van der Waals surface area contributed by atoms with E-state index in [0.29, 0.717) is 37.1 Å². The Morgan fingerprint density at radius 1 is 1.46 bits per heavy atom. The SMILES string of the molecule is COCCNCC(=O)N1CCCC(C(=O)Nc2ccc(Cl)cn2)C1.